The van der Waals surface area contributed by atoms with Crippen molar-refractivity contribution in [3.8, 4) is 17.2 Å². The van der Waals surface area contributed by atoms with Gasteiger partial charge in [0.15, 0.2) is 22.6 Å². The zero-order chi connectivity index (χ0) is 88.2. The molecule has 9 N–H and O–H groups in total. The lowest BCUT2D eigenvalue weighted by atomic mass is 10.1. The molecule has 0 aliphatic carbocycles. The van der Waals surface area contributed by atoms with Crippen molar-refractivity contribution in [1.29, 1.82) is 0 Å². The van der Waals surface area contributed by atoms with Crippen molar-refractivity contribution >= 4 is 120 Å². The van der Waals surface area contributed by atoms with Gasteiger partial charge in [0, 0.05) is 160 Å². The maximum absolute atomic E-state index is 13.1. The highest BCUT2D eigenvalue weighted by atomic mass is 19.1. The van der Waals surface area contributed by atoms with Gasteiger partial charge in [-0.2, -0.15) is 60.3 Å². The van der Waals surface area contributed by atoms with Gasteiger partial charge in [-0.15, -0.1) is 0 Å². The summed E-state index contributed by atoms with van der Waals surface area (Å²) in [6.45, 7) is 14.2. The molecule has 1 amide bonds. The van der Waals surface area contributed by atoms with Gasteiger partial charge in [0.25, 0.3) is 0 Å². The SMILES string of the molecule is COc1ccc(CN2CCc3[nH]nc4nc(NCCc5ccccc5)nc2c34)cc1.COc1ccc(CN2CCc3[nH]nc4nc(Nc5ccc(N6CCN(C(=O)OCc7ccccc7)CC6)cc5)nc2c34)cc1.COc1ccc(CN2CCc3[nH]nc4nc(Nc5ccc(N6CCN(C)CC6)cc5)nc2c34)cc1.Fc1cccc(CNc2nc3c4c([nH]nc4n2)CCN3)c1. The Morgan fingerprint density at radius 2 is 0.815 bits per heavy atom. The van der Waals surface area contributed by atoms with Crippen LogP contribution in [0.15, 0.2) is 206 Å². The topological polar surface area (TPSA) is 355 Å². The molecule has 0 unspecified atom stereocenters. The Bertz CT molecular complexity index is 6550. The molecule has 0 saturated carbocycles. The van der Waals surface area contributed by atoms with E-state index in [4.69, 9.17) is 43.9 Å². The summed E-state index contributed by atoms with van der Waals surface area (Å²) in [7, 11) is 7.22. The Morgan fingerprint density at radius 1 is 0.400 bits per heavy atom. The third kappa shape index (κ3) is 19.6. The quantitative estimate of drug-likeness (QED) is 0.0271. The van der Waals surface area contributed by atoms with Crippen LogP contribution >= 0.6 is 0 Å². The number of hydrogen-bond acceptors (Lipinski definition) is 28. The van der Waals surface area contributed by atoms with Crippen LogP contribution in [-0.4, -0.2) is 210 Å². The fraction of sp³-hybridized carbons (Fsp3) is 0.281. The summed E-state index contributed by atoms with van der Waals surface area (Å²) in [4.78, 5) is 65.9. The highest BCUT2D eigenvalue weighted by Crippen LogP contribution is 2.38. The number of methoxy groups -OCH3 is 3. The van der Waals surface area contributed by atoms with Crippen molar-refractivity contribution in [2.45, 2.75) is 64.9 Å². The zero-order valence-electron chi connectivity index (χ0n) is 72.8. The van der Waals surface area contributed by atoms with E-state index in [2.05, 4.69) is 216 Å². The molecule has 0 radical (unpaired) electrons. The van der Waals surface area contributed by atoms with Gasteiger partial charge >= 0.3 is 6.09 Å². The van der Waals surface area contributed by atoms with Crippen LogP contribution in [0, 0.1) is 5.82 Å². The number of aromatic amines is 4. The van der Waals surface area contributed by atoms with Crippen LogP contribution in [0.3, 0.4) is 0 Å². The average Bonchev–Trinajstić information content (AvgIpc) is 1.62. The molecule has 2 saturated heterocycles. The van der Waals surface area contributed by atoms with Crippen molar-refractivity contribution in [1.82, 2.24) is 90.5 Å². The predicted octanol–water partition coefficient (Wildman–Crippen LogP) is 14.2. The van der Waals surface area contributed by atoms with Gasteiger partial charge in [0.05, 0.1) is 65.7 Å². The minimum Gasteiger partial charge on any atom is -0.497 e. The summed E-state index contributed by atoms with van der Waals surface area (Å²) in [6, 6.07) is 67.8. The lowest BCUT2D eigenvalue weighted by Crippen LogP contribution is -2.48. The molecule has 33 nitrogen and oxygen atoms in total. The molecule has 0 bridgehead atoms. The Kier molecular flexibility index (Phi) is 25.1. The number of hydrogen-bond donors (Lipinski definition) is 9. The van der Waals surface area contributed by atoms with E-state index in [1.165, 1.54) is 40.1 Å². The van der Waals surface area contributed by atoms with Gasteiger partial charge in [-0.3, -0.25) is 20.4 Å². The normalized spacial score (nSPS) is 14.3. The largest absolute Gasteiger partial charge is 0.497 e. The van der Waals surface area contributed by atoms with E-state index in [-0.39, 0.29) is 18.5 Å². The number of ether oxygens (including phenoxy) is 4. The zero-order valence-corrected chi connectivity index (χ0v) is 72.8. The molecule has 6 aliphatic rings. The number of amides is 1. The van der Waals surface area contributed by atoms with E-state index in [1.807, 2.05) is 91.0 Å². The summed E-state index contributed by atoms with van der Waals surface area (Å²) >= 11 is 0. The number of nitrogens with zero attached hydrogens (tertiary/aromatic N) is 19. The molecule has 8 aromatic heterocycles. The lowest BCUT2D eigenvalue weighted by Gasteiger charge is -2.35. The van der Waals surface area contributed by atoms with E-state index in [0.29, 0.717) is 60.4 Å². The number of benzene rings is 8. The van der Waals surface area contributed by atoms with Crippen molar-refractivity contribution in [3.63, 3.8) is 0 Å². The molecular formula is C96H101FN28O5. The van der Waals surface area contributed by atoms with Crippen molar-refractivity contribution in [2.75, 3.05) is 165 Å². The number of H-pyrrole nitrogens is 4. The van der Waals surface area contributed by atoms with E-state index >= 15 is 0 Å². The second kappa shape index (κ2) is 38.8. The third-order valence-electron chi connectivity index (χ3n) is 24.1. The number of anilines is 12. The van der Waals surface area contributed by atoms with Crippen LogP contribution in [0.2, 0.25) is 0 Å². The summed E-state index contributed by atoms with van der Waals surface area (Å²) in [5.41, 5.74) is 18.0. The van der Waals surface area contributed by atoms with Crippen LogP contribution in [-0.2, 0) is 69.6 Å². The lowest BCUT2D eigenvalue weighted by molar-refractivity contribution is 0.0942. The number of nitrogens with one attached hydrogen (secondary N) is 9. The minimum atomic E-state index is -0.268. The number of carbonyl (C=O) groups is 1. The van der Waals surface area contributed by atoms with E-state index in [1.54, 1.807) is 32.3 Å². The molecule has 0 atom stereocenters. The van der Waals surface area contributed by atoms with E-state index in [0.717, 1.165) is 242 Å². The first-order valence-corrected chi connectivity index (χ1v) is 43.9. The molecule has 22 rings (SSSR count). The monoisotopic (exact) mass is 1740 g/mol. The maximum Gasteiger partial charge on any atom is 0.410 e. The second-order valence-corrected chi connectivity index (χ2v) is 32.6. The molecule has 6 aliphatic heterocycles. The van der Waals surface area contributed by atoms with Crippen LogP contribution in [0.25, 0.3) is 44.1 Å². The molecule has 0 spiro atoms. The van der Waals surface area contributed by atoms with Gasteiger partial charge in [0.1, 0.15) is 52.9 Å². The average molecular weight is 1750 g/mol. The first-order valence-electron chi connectivity index (χ1n) is 43.9. The highest BCUT2D eigenvalue weighted by molar-refractivity contribution is 5.95. The molecule has 662 valence electrons. The molecule has 130 heavy (non-hydrogen) atoms. The molecule has 8 aromatic carbocycles. The first-order chi connectivity index (χ1) is 63.9. The molecular weight excluding hydrogens is 1640 g/mol. The Balaban J connectivity index is 0.000000116. The van der Waals surface area contributed by atoms with Gasteiger partial charge in [-0.25, -0.2) is 9.18 Å². The number of aromatic nitrogens is 16. The van der Waals surface area contributed by atoms with Gasteiger partial charge in [-0.05, 0) is 144 Å². The molecule has 16 aromatic rings. The van der Waals surface area contributed by atoms with Crippen molar-refractivity contribution in [3.05, 3.63) is 268 Å². The molecule has 14 heterocycles. The number of halogens is 1. The summed E-state index contributed by atoms with van der Waals surface area (Å²) < 4.78 is 34.5. The molecule has 34 heteroatoms. The summed E-state index contributed by atoms with van der Waals surface area (Å²) in [6.07, 6.45) is 4.20. The van der Waals surface area contributed by atoms with Gasteiger partial charge in [-0.1, -0.05) is 109 Å². The Labute approximate surface area is 749 Å². The summed E-state index contributed by atoms with van der Waals surface area (Å²) in [5.74, 6) is 7.99. The van der Waals surface area contributed by atoms with Crippen LogP contribution in [0.5, 0.6) is 17.2 Å². The second-order valence-electron chi connectivity index (χ2n) is 32.6. The fourth-order valence-electron chi connectivity index (χ4n) is 16.9. The van der Waals surface area contributed by atoms with Gasteiger partial charge in [0.2, 0.25) is 23.8 Å². The number of rotatable bonds is 24. The highest BCUT2D eigenvalue weighted by Gasteiger charge is 2.31. The van der Waals surface area contributed by atoms with Crippen LogP contribution in [0.4, 0.5) is 79.0 Å². The summed E-state index contributed by atoms with van der Waals surface area (Å²) in [5, 5.41) is 50.5. The number of piperazine rings is 2. The smallest absolute Gasteiger partial charge is 0.410 e. The third-order valence-corrected chi connectivity index (χ3v) is 24.1. The first kappa shape index (κ1) is 84.0. The van der Waals surface area contributed by atoms with Gasteiger partial charge < -0.3 is 79.8 Å². The van der Waals surface area contributed by atoms with Crippen molar-refractivity contribution < 1.29 is 28.1 Å². The van der Waals surface area contributed by atoms with Crippen LogP contribution < -0.4 is 65.3 Å². The fourth-order valence-corrected chi connectivity index (χ4v) is 16.9. The predicted molar refractivity (Wildman–Crippen MR) is 504 cm³/mol. The number of likely N-dealkylation sites (N-methyl/N-ethyl adjacent to an activating group) is 1. The number of carbonyl (C=O) groups excluding carboxylic acids is 1. The minimum absolute atomic E-state index is 0.251. The van der Waals surface area contributed by atoms with E-state index in [9.17, 15) is 9.18 Å². The van der Waals surface area contributed by atoms with Crippen LogP contribution in [0.1, 0.15) is 56.2 Å². The molecule has 2 fully saturated rings. The Hall–Kier alpha value is -15.5. The maximum atomic E-state index is 13.1. The van der Waals surface area contributed by atoms with E-state index < -0.39 is 0 Å². The van der Waals surface area contributed by atoms with Crippen molar-refractivity contribution in [2.24, 2.45) is 0 Å². The standard InChI is InChI=1S/C33H34N8O3.C26H30N8O.C23H24N6O.C14H13FN6/c1-43-27-13-7-23(8-14-27)21-41-16-15-28-29-30(38-37-28)35-32(36-31(29)41)34-25-9-11-26(12-10-25)39-17-19-40(20-18-39)33(42)44-22-24-5-3-2-4-6-24;1-32-13-15-33(16-14-32)20-7-5-19(6-8-20)27-26-28-24-23-22(30-31-24)11-12-34(25(23)29-26)17-18-3-9-21(35-2)10-4-18;1-30-18-9-7-17(8-10-18)15-29-14-12-19-20-21(28-27-19)25-23(26-22(20)29)24-13-11-16-5-3-2-4-6-16;15-9-3-1-2-8(6-9)7-17-14-18-12-11-10(4-5-16-12)20-21-13(11)19-14/h2-14H,15-22H2,1H3,(H2,34,35,36,37,38);3-10H,11-17H2,1-2H3,(H2,27,28,29,30,31);2-10H,11-15H2,1H3,(H2,24,25,26,27,28);1-3,6H,4-5,7H2,(H3,16,17,18,19,20,21). The Morgan fingerprint density at radius 3 is 1.28 bits per heavy atom.